The molecule has 25 heavy (non-hydrogen) atoms. The van der Waals surface area contributed by atoms with Gasteiger partial charge in [0.1, 0.15) is 0 Å². The van der Waals surface area contributed by atoms with Gasteiger partial charge in [0.05, 0.1) is 6.10 Å². The van der Waals surface area contributed by atoms with Crippen molar-refractivity contribution in [3.05, 3.63) is 34.8 Å². The fourth-order valence-electron chi connectivity index (χ4n) is 3.05. The van der Waals surface area contributed by atoms with Gasteiger partial charge in [0.15, 0.2) is 0 Å². The maximum atomic E-state index is 10.5. The molecule has 0 saturated carbocycles. The summed E-state index contributed by atoms with van der Waals surface area (Å²) in [7, 11) is 0. The van der Waals surface area contributed by atoms with Crippen LogP contribution in [0.2, 0.25) is 0 Å². The second kappa shape index (κ2) is 13.2. The molecule has 1 aliphatic rings. The van der Waals surface area contributed by atoms with Gasteiger partial charge in [-0.1, -0.05) is 62.5 Å². The van der Waals surface area contributed by atoms with E-state index in [0.717, 1.165) is 44.9 Å². The van der Waals surface area contributed by atoms with Crippen molar-refractivity contribution in [3.8, 4) is 0 Å². The SMILES string of the molecule is CCCCCC(O)C=CC1C=C(SC)CC1=CCCCCCC(=O)O. The van der Waals surface area contributed by atoms with Crippen LogP contribution in [0, 0.1) is 5.92 Å². The number of carbonyl (C=O) groups is 1. The minimum Gasteiger partial charge on any atom is -0.481 e. The summed E-state index contributed by atoms with van der Waals surface area (Å²) in [4.78, 5) is 11.9. The molecule has 0 amide bonds. The van der Waals surface area contributed by atoms with Crippen LogP contribution in [0.15, 0.2) is 34.8 Å². The van der Waals surface area contributed by atoms with Gasteiger partial charge in [-0.05, 0) is 43.3 Å². The second-order valence-corrected chi connectivity index (χ2v) is 7.69. The van der Waals surface area contributed by atoms with Crippen molar-refractivity contribution >= 4 is 17.7 Å². The first-order valence-electron chi connectivity index (χ1n) is 9.58. The van der Waals surface area contributed by atoms with E-state index in [2.05, 4.69) is 31.4 Å². The first kappa shape index (κ1) is 22.0. The molecule has 0 bridgehead atoms. The largest absolute Gasteiger partial charge is 0.481 e. The Bertz CT molecular complexity index is 480. The summed E-state index contributed by atoms with van der Waals surface area (Å²) in [5.74, 6) is -0.395. The van der Waals surface area contributed by atoms with E-state index in [1.54, 1.807) is 11.8 Å². The molecule has 0 radical (unpaired) electrons. The first-order valence-corrected chi connectivity index (χ1v) is 10.8. The van der Waals surface area contributed by atoms with E-state index in [-0.39, 0.29) is 12.5 Å². The van der Waals surface area contributed by atoms with Crippen LogP contribution in [0.1, 0.15) is 71.1 Å². The average molecular weight is 367 g/mol. The molecule has 0 spiro atoms. The maximum absolute atomic E-state index is 10.5. The van der Waals surface area contributed by atoms with Crippen LogP contribution < -0.4 is 0 Å². The van der Waals surface area contributed by atoms with E-state index in [1.807, 2.05) is 6.08 Å². The minimum absolute atomic E-state index is 0.274. The molecule has 0 aliphatic heterocycles. The van der Waals surface area contributed by atoms with Crippen LogP contribution in [-0.4, -0.2) is 28.5 Å². The minimum atomic E-state index is -0.703. The average Bonchev–Trinajstić information content (AvgIpc) is 2.98. The number of allylic oxidation sites excluding steroid dienone is 5. The van der Waals surface area contributed by atoms with Crippen molar-refractivity contribution in [3.63, 3.8) is 0 Å². The molecule has 142 valence electrons. The molecule has 0 saturated heterocycles. The Hall–Kier alpha value is -1.00. The molecule has 0 aromatic heterocycles. The van der Waals surface area contributed by atoms with Crippen molar-refractivity contribution in [1.29, 1.82) is 0 Å². The highest BCUT2D eigenvalue weighted by Gasteiger charge is 2.18. The molecule has 0 fully saturated rings. The fourth-order valence-corrected chi connectivity index (χ4v) is 3.64. The molecule has 4 heteroatoms. The van der Waals surface area contributed by atoms with Gasteiger partial charge in [0, 0.05) is 12.3 Å². The molecule has 1 aliphatic carbocycles. The van der Waals surface area contributed by atoms with Gasteiger partial charge in [-0.15, -0.1) is 11.8 Å². The van der Waals surface area contributed by atoms with Crippen molar-refractivity contribution in [2.75, 3.05) is 6.26 Å². The van der Waals surface area contributed by atoms with E-state index in [4.69, 9.17) is 5.11 Å². The third-order valence-corrected chi connectivity index (χ3v) is 5.38. The molecule has 2 atom stereocenters. The third kappa shape index (κ3) is 9.91. The van der Waals surface area contributed by atoms with E-state index in [1.165, 1.54) is 23.3 Å². The number of aliphatic hydroxyl groups excluding tert-OH is 1. The van der Waals surface area contributed by atoms with E-state index in [9.17, 15) is 9.90 Å². The smallest absolute Gasteiger partial charge is 0.303 e. The summed E-state index contributed by atoms with van der Waals surface area (Å²) >= 11 is 1.80. The number of carboxylic acid groups (broad SMARTS) is 1. The Morgan fingerprint density at radius 1 is 1.32 bits per heavy atom. The number of rotatable bonds is 13. The van der Waals surface area contributed by atoms with Gasteiger partial charge in [-0.2, -0.15) is 0 Å². The Labute approximate surface area is 157 Å². The molecule has 2 unspecified atom stereocenters. The lowest BCUT2D eigenvalue weighted by Gasteiger charge is -2.09. The maximum Gasteiger partial charge on any atom is 0.303 e. The lowest BCUT2D eigenvalue weighted by molar-refractivity contribution is -0.137. The van der Waals surface area contributed by atoms with Crippen LogP contribution in [0.5, 0.6) is 0 Å². The van der Waals surface area contributed by atoms with E-state index in [0.29, 0.717) is 5.92 Å². The van der Waals surface area contributed by atoms with Gasteiger partial charge in [-0.3, -0.25) is 4.79 Å². The zero-order valence-corrected chi connectivity index (χ0v) is 16.6. The molecule has 0 heterocycles. The first-order chi connectivity index (χ1) is 12.1. The van der Waals surface area contributed by atoms with E-state index >= 15 is 0 Å². The van der Waals surface area contributed by atoms with E-state index < -0.39 is 5.97 Å². The van der Waals surface area contributed by atoms with Crippen LogP contribution >= 0.6 is 11.8 Å². The number of aliphatic hydroxyl groups is 1. The van der Waals surface area contributed by atoms with Crippen LogP contribution in [0.3, 0.4) is 0 Å². The molecule has 1 rings (SSSR count). The molecule has 0 aromatic carbocycles. The lowest BCUT2D eigenvalue weighted by atomic mass is 9.98. The number of carboxylic acids is 1. The quantitative estimate of drug-likeness (QED) is 0.324. The predicted molar refractivity (Wildman–Crippen MR) is 108 cm³/mol. The normalized spacial score (nSPS) is 20.4. The summed E-state index contributed by atoms with van der Waals surface area (Å²) in [5, 5.41) is 18.7. The molecular formula is C21H34O3S. The number of hydrogen-bond acceptors (Lipinski definition) is 3. The predicted octanol–water partition coefficient (Wildman–Crippen LogP) is 5.71. The molecule has 3 nitrogen and oxygen atoms in total. The molecular weight excluding hydrogens is 332 g/mol. The summed E-state index contributed by atoms with van der Waals surface area (Å²) in [6, 6.07) is 0. The summed E-state index contributed by atoms with van der Waals surface area (Å²) in [5.41, 5.74) is 1.42. The Balaban J connectivity index is 2.45. The Morgan fingerprint density at radius 2 is 2.12 bits per heavy atom. The lowest BCUT2D eigenvalue weighted by Crippen LogP contribution is -2.03. The topological polar surface area (TPSA) is 57.5 Å². The Kier molecular flexibility index (Phi) is 11.7. The molecule has 0 aromatic rings. The summed E-state index contributed by atoms with van der Waals surface area (Å²) in [6.45, 7) is 2.17. The van der Waals surface area contributed by atoms with Crippen LogP contribution in [0.4, 0.5) is 0 Å². The highest BCUT2D eigenvalue weighted by Crippen LogP contribution is 2.36. The van der Waals surface area contributed by atoms with Crippen LogP contribution in [0.25, 0.3) is 0 Å². The zero-order chi connectivity index (χ0) is 18.5. The van der Waals surface area contributed by atoms with Gasteiger partial charge >= 0.3 is 5.97 Å². The van der Waals surface area contributed by atoms with Crippen molar-refractivity contribution in [2.24, 2.45) is 5.92 Å². The van der Waals surface area contributed by atoms with Gasteiger partial charge in [0.2, 0.25) is 0 Å². The summed E-state index contributed by atoms with van der Waals surface area (Å²) in [6.07, 6.45) is 19.9. The second-order valence-electron chi connectivity index (χ2n) is 6.76. The zero-order valence-electron chi connectivity index (χ0n) is 15.7. The van der Waals surface area contributed by atoms with Gasteiger partial charge in [0.25, 0.3) is 0 Å². The summed E-state index contributed by atoms with van der Waals surface area (Å²) < 4.78 is 0. The fraction of sp³-hybridized carbons (Fsp3) is 0.667. The van der Waals surface area contributed by atoms with Crippen molar-refractivity contribution < 1.29 is 15.0 Å². The molecule has 2 N–H and O–H groups in total. The Morgan fingerprint density at radius 3 is 2.80 bits per heavy atom. The van der Waals surface area contributed by atoms with Crippen molar-refractivity contribution in [1.82, 2.24) is 0 Å². The standard InChI is InChI=1S/C21H34O3S/c1-3-4-7-11-19(22)14-13-18-16-20(25-2)15-17(18)10-8-5-6-9-12-21(23)24/h10,13-14,16,18-19,22H,3-9,11-12,15H2,1-2H3,(H,23,24). The van der Waals surface area contributed by atoms with Crippen molar-refractivity contribution in [2.45, 2.75) is 77.2 Å². The van der Waals surface area contributed by atoms with Gasteiger partial charge in [-0.25, -0.2) is 0 Å². The monoisotopic (exact) mass is 366 g/mol. The number of thioether (sulfide) groups is 1. The van der Waals surface area contributed by atoms with Gasteiger partial charge < -0.3 is 10.2 Å². The number of hydrogen-bond donors (Lipinski definition) is 2. The highest BCUT2D eigenvalue weighted by atomic mass is 32.2. The third-order valence-electron chi connectivity index (χ3n) is 4.58. The number of unbranched alkanes of at least 4 members (excludes halogenated alkanes) is 5. The number of aliphatic carboxylic acids is 1. The highest BCUT2D eigenvalue weighted by molar-refractivity contribution is 8.02. The van der Waals surface area contributed by atoms with Crippen LogP contribution in [-0.2, 0) is 4.79 Å².